The van der Waals surface area contributed by atoms with Crippen molar-refractivity contribution in [1.82, 2.24) is 10.2 Å². The van der Waals surface area contributed by atoms with Crippen molar-refractivity contribution in [3.63, 3.8) is 0 Å². The maximum absolute atomic E-state index is 12.6. The number of hydrogen-bond acceptors (Lipinski definition) is 4. The molecule has 128 valence electrons. The molecule has 0 aromatic heterocycles. The number of ether oxygens (including phenoxy) is 1. The van der Waals surface area contributed by atoms with E-state index in [9.17, 15) is 14.4 Å². The number of aryl methyl sites for hydroxylation is 2. The molecular weight excluding hydrogens is 320 g/mol. The number of urea groups is 1. The highest BCUT2D eigenvalue weighted by atomic mass is 16.5. The van der Waals surface area contributed by atoms with Crippen LogP contribution in [0.3, 0.4) is 0 Å². The van der Waals surface area contributed by atoms with E-state index in [0.717, 1.165) is 28.5 Å². The zero-order valence-corrected chi connectivity index (χ0v) is 13.9. The summed E-state index contributed by atoms with van der Waals surface area (Å²) in [7, 11) is 0. The lowest BCUT2D eigenvalue weighted by Gasteiger charge is -2.18. The van der Waals surface area contributed by atoms with Crippen LogP contribution in [-0.4, -0.2) is 42.0 Å². The quantitative estimate of drug-likeness (QED) is 0.869. The fraction of sp³-hybridized carbons (Fsp3) is 0.316. The predicted molar refractivity (Wildman–Crippen MR) is 91.3 cm³/mol. The summed E-state index contributed by atoms with van der Waals surface area (Å²) in [6, 6.07) is 9.19. The number of carbonyl (C=O) groups is 3. The number of rotatable bonds is 3. The molecule has 1 unspecified atom stereocenters. The van der Waals surface area contributed by atoms with Gasteiger partial charge in [-0.25, -0.2) is 9.59 Å². The van der Waals surface area contributed by atoms with Crippen molar-refractivity contribution < 1.29 is 19.1 Å². The summed E-state index contributed by atoms with van der Waals surface area (Å²) in [5, 5.41) is 4.54. The molecule has 1 atom stereocenters. The third-order valence-corrected chi connectivity index (χ3v) is 4.85. The monoisotopic (exact) mass is 338 g/mol. The summed E-state index contributed by atoms with van der Waals surface area (Å²) in [5.41, 5.74) is 2.92. The van der Waals surface area contributed by atoms with Gasteiger partial charge >= 0.3 is 12.0 Å². The normalized spacial score (nSPS) is 16.8. The van der Waals surface area contributed by atoms with Crippen LogP contribution in [-0.2, 0) is 22.4 Å². The molecule has 2 aromatic rings. The molecule has 1 heterocycles. The smallest absolute Gasteiger partial charge is 0.339 e. The Bertz CT molecular complexity index is 895. The Kier molecular flexibility index (Phi) is 3.67. The van der Waals surface area contributed by atoms with Crippen LogP contribution < -0.4 is 5.32 Å². The average molecular weight is 338 g/mol. The van der Waals surface area contributed by atoms with Gasteiger partial charge in [0.1, 0.15) is 0 Å². The van der Waals surface area contributed by atoms with Gasteiger partial charge in [-0.1, -0.05) is 24.3 Å². The third-order valence-electron chi connectivity index (χ3n) is 4.85. The van der Waals surface area contributed by atoms with E-state index in [0.29, 0.717) is 18.7 Å². The lowest BCUT2D eigenvalue weighted by atomic mass is 10.00. The fourth-order valence-corrected chi connectivity index (χ4v) is 3.60. The average Bonchev–Trinajstić information content (AvgIpc) is 3.22. The van der Waals surface area contributed by atoms with E-state index < -0.39 is 24.0 Å². The molecule has 1 N–H and O–H groups in total. The Balaban J connectivity index is 1.59. The van der Waals surface area contributed by atoms with Crippen molar-refractivity contribution >= 4 is 28.7 Å². The van der Waals surface area contributed by atoms with Crippen LogP contribution in [0, 0.1) is 0 Å². The topological polar surface area (TPSA) is 75.7 Å². The highest BCUT2D eigenvalue weighted by molar-refractivity contribution is 6.08. The molecule has 1 aliphatic heterocycles. The second kappa shape index (κ2) is 5.88. The molecule has 0 bridgehead atoms. The Morgan fingerprint density at radius 2 is 1.92 bits per heavy atom. The van der Waals surface area contributed by atoms with Crippen molar-refractivity contribution in [2.75, 3.05) is 13.1 Å². The highest BCUT2D eigenvalue weighted by Gasteiger charge is 2.32. The first kappa shape index (κ1) is 15.6. The highest BCUT2D eigenvalue weighted by Crippen LogP contribution is 2.33. The lowest BCUT2D eigenvalue weighted by molar-refractivity contribution is -0.136. The van der Waals surface area contributed by atoms with Crippen LogP contribution in [0.5, 0.6) is 0 Å². The van der Waals surface area contributed by atoms with Crippen LogP contribution in [0.25, 0.3) is 10.8 Å². The van der Waals surface area contributed by atoms with Crippen LogP contribution in [0.1, 0.15) is 28.4 Å². The minimum Gasteiger partial charge on any atom is -0.449 e. The number of benzene rings is 2. The summed E-state index contributed by atoms with van der Waals surface area (Å²) < 4.78 is 5.36. The number of amides is 3. The summed E-state index contributed by atoms with van der Waals surface area (Å²) in [4.78, 5) is 37.6. The van der Waals surface area contributed by atoms with Gasteiger partial charge in [0.05, 0.1) is 5.56 Å². The molecule has 2 aliphatic rings. The minimum absolute atomic E-state index is 0.292. The number of nitrogens with one attached hydrogen (secondary N) is 1. The molecule has 0 radical (unpaired) electrons. The first-order valence-corrected chi connectivity index (χ1v) is 8.40. The number of nitrogens with zero attached hydrogens (tertiary/aromatic N) is 1. The summed E-state index contributed by atoms with van der Waals surface area (Å²) in [5.74, 6) is -1.05. The van der Waals surface area contributed by atoms with E-state index in [2.05, 4.69) is 11.4 Å². The van der Waals surface area contributed by atoms with E-state index in [1.54, 1.807) is 6.07 Å². The Morgan fingerprint density at radius 3 is 2.64 bits per heavy atom. The number of carbonyl (C=O) groups excluding carboxylic acids is 3. The summed E-state index contributed by atoms with van der Waals surface area (Å²) in [6.45, 7) is 2.20. The van der Waals surface area contributed by atoms with Crippen molar-refractivity contribution in [2.24, 2.45) is 0 Å². The molecule has 0 saturated carbocycles. The minimum atomic E-state index is -1.01. The van der Waals surface area contributed by atoms with Gasteiger partial charge in [-0.15, -0.1) is 0 Å². The largest absolute Gasteiger partial charge is 0.449 e. The molecule has 1 fully saturated rings. The first-order chi connectivity index (χ1) is 12.1. The summed E-state index contributed by atoms with van der Waals surface area (Å²) in [6.07, 6.45) is 0.938. The van der Waals surface area contributed by atoms with Crippen LogP contribution in [0.2, 0.25) is 0 Å². The van der Waals surface area contributed by atoms with Gasteiger partial charge in [-0.3, -0.25) is 9.69 Å². The van der Waals surface area contributed by atoms with Gasteiger partial charge in [0.15, 0.2) is 6.10 Å². The molecule has 25 heavy (non-hydrogen) atoms. The van der Waals surface area contributed by atoms with Gasteiger partial charge in [-0.2, -0.15) is 0 Å². The molecule has 6 heteroatoms. The molecule has 6 nitrogen and oxygen atoms in total. The molecular formula is C19H18N2O4. The lowest BCUT2D eigenvalue weighted by Crippen LogP contribution is -2.41. The Labute approximate surface area is 144 Å². The van der Waals surface area contributed by atoms with Gasteiger partial charge in [0, 0.05) is 13.1 Å². The third kappa shape index (κ3) is 2.54. The van der Waals surface area contributed by atoms with Gasteiger partial charge < -0.3 is 10.1 Å². The summed E-state index contributed by atoms with van der Waals surface area (Å²) >= 11 is 0. The number of esters is 1. The molecule has 1 aliphatic carbocycles. The second-order valence-electron chi connectivity index (χ2n) is 6.38. The number of hydrogen-bond donors (Lipinski definition) is 1. The Morgan fingerprint density at radius 1 is 1.16 bits per heavy atom. The van der Waals surface area contributed by atoms with Gasteiger partial charge in [0.2, 0.25) is 0 Å². The predicted octanol–water partition coefficient (Wildman–Crippen LogP) is 2.04. The molecule has 3 amide bonds. The van der Waals surface area contributed by atoms with Crippen LogP contribution >= 0.6 is 0 Å². The number of imide groups is 1. The Hall–Kier alpha value is -2.89. The van der Waals surface area contributed by atoms with Crippen LogP contribution in [0.4, 0.5) is 4.79 Å². The van der Waals surface area contributed by atoms with Crippen LogP contribution in [0.15, 0.2) is 30.3 Å². The maximum Gasteiger partial charge on any atom is 0.339 e. The fourth-order valence-electron chi connectivity index (χ4n) is 3.60. The molecule has 0 spiro atoms. The van der Waals surface area contributed by atoms with Gasteiger partial charge in [-0.05, 0) is 47.7 Å². The SMILES string of the molecule is CC(OC(=O)c1ccc2c3c(cccc13)CC2)C(=O)N1CCNC1=O. The van der Waals surface area contributed by atoms with Crippen molar-refractivity contribution in [1.29, 1.82) is 0 Å². The first-order valence-electron chi connectivity index (χ1n) is 8.40. The maximum atomic E-state index is 12.6. The second-order valence-corrected chi connectivity index (χ2v) is 6.38. The van der Waals surface area contributed by atoms with Gasteiger partial charge in [0.25, 0.3) is 5.91 Å². The zero-order chi connectivity index (χ0) is 17.6. The van der Waals surface area contributed by atoms with Crippen molar-refractivity contribution in [2.45, 2.75) is 25.9 Å². The van der Waals surface area contributed by atoms with Crippen molar-refractivity contribution in [3.05, 3.63) is 47.0 Å². The molecule has 2 aromatic carbocycles. The van der Waals surface area contributed by atoms with Crippen molar-refractivity contribution in [3.8, 4) is 0 Å². The van der Waals surface area contributed by atoms with E-state index in [4.69, 9.17) is 4.74 Å². The zero-order valence-electron chi connectivity index (χ0n) is 13.9. The standard InChI is InChI=1S/C19H18N2O4/c1-11(17(22)21-10-9-20-19(21)24)25-18(23)15-8-7-13-6-5-12-3-2-4-14(15)16(12)13/h2-4,7-8,11H,5-6,9-10H2,1H3,(H,20,24). The molecule has 4 rings (SSSR count). The van der Waals surface area contributed by atoms with E-state index in [1.165, 1.54) is 18.1 Å². The van der Waals surface area contributed by atoms with E-state index >= 15 is 0 Å². The van der Waals surface area contributed by atoms with E-state index in [1.807, 2.05) is 18.2 Å². The van der Waals surface area contributed by atoms with E-state index in [-0.39, 0.29) is 0 Å². The molecule has 1 saturated heterocycles.